The van der Waals surface area contributed by atoms with Crippen molar-refractivity contribution in [3.8, 4) is 45.7 Å². The quantitative estimate of drug-likeness (QED) is 0.356. The summed E-state index contributed by atoms with van der Waals surface area (Å²) in [5.74, 6) is -0.631. The highest BCUT2D eigenvalue weighted by Crippen LogP contribution is 2.43. The van der Waals surface area contributed by atoms with Gasteiger partial charge in [-0.15, -0.1) is 10.2 Å². The number of pyridine rings is 1. The van der Waals surface area contributed by atoms with Gasteiger partial charge in [0.05, 0.1) is 49.8 Å². The number of rotatable bonds is 6. The second-order valence-corrected chi connectivity index (χ2v) is 9.56. The lowest BCUT2D eigenvalue weighted by molar-refractivity contribution is -0.143. The van der Waals surface area contributed by atoms with Crippen molar-refractivity contribution in [1.29, 1.82) is 5.26 Å². The number of amides is 1. The fraction of sp³-hybridized carbons (Fsp3) is 0.308. The lowest BCUT2D eigenvalue weighted by atomic mass is 9.92. The van der Waals surface area contributed by atoms with E-state index in [1.165, 1.54) is 30.1 Å². The predicted molar refractivity (Wildman–Crippen MR) is 133 cm³/mol. The number of nitriles is 1. The van der Waals surface area contributed by atoms with Gasteiger partial charge in [0.2, 0.25) is 5.82 Å². The average molecular weight is 555 g/mol. The largest absolute Gasteiger partial charge is 0.496 e. The maximum absolute atomic E-state index is 13.7. The highest BCUT2D eigenvalue weighted by molar-refractivity contribution is 5.99. The van der Waals surface area contributed by atoms with Crippen LogP contribution >= 0.6 is 0 Å². The Kier molecular flexibility index (Phi) is 6.53. The fourth-order valence-corrected chi connectivity index (χ4v) is 4.83. The van der Waals surface area contributed by atoms with E-state index in [2.05, 4.69) is 25.7 Å². The third kappa shape index (κ3) is 4.97. The van der Waals surface area contributed by atoms with Crippen LogP contribution < -0.4 is 10.1 Å². The molecule has 0 radical (unpaired) electrons. The molecule has 10 nitrogen and oxygen atoms in total. The van der Waals surface area contributed by atoms with Gasteiger partial charge in [-0.3, -0.25) is 9.78 Å². The number of aryl methyl sites for hydroxylation is 2. The molecule has 1 atom stereocenters. The van der Waals surface area contributed by atoms with Gasteiger partial charge in [0.1, 0.15) is 22.8 Å². The molecule has 1 aliphatic rings. The number of alkyl halides is 3. The molecule has 1 amide bonds. The Labute approximate surface area is 225 Å². The minimum absolute atomic E-state index is 0.0282. The Morgan fingerprint density at radius 2 is 1.98 bits per heavy atom. The smallest absolute Gasteiger partial charge is 0.392 e. The van der Waals surface area contributed by atoms with Gasteiger partial charge in [0.25, 0.3) is 5.91 Å². The first-order valence-corrected chi connectivity index (χ1v) is 12.0. The van der Waals surface area contributed by atoms with E-state index in [1.54, 1.807) is 23.8 Å². The Morgan fingerprint density at radius 3 is 2.58 bits per heavy atom. The van der Waals surface area contributed by atoms with Gasteiger partial charge in [-0.25, -0.2) is 4.39 Å². The van der Waals surface area contributed by atoms with Crippen molar-refractivity contribution in [3.05, 3.63) is 53.6 Å². The summed E-state index contributed by atoms with van der Waals surface area (Å²) in [5, 5.41) is 23.9. The lowest BCUT2D eigenvalue weighted by Gasteiger charge is -2.26. The van der Waals surface area contributed by atoms with Crippen molar-refractivity contribution in [2.75, 3.05) is 7.11 Å². The first-order valence-electron chi connectivity index (χ1n) is 12.0. The minimum atomic E-state index is -4.68. The van der Waals surface area contributed by atoms with E-state index in [4.69, 9.17) is 4.74 Å². The molecule has 0 spiro atoms. The SMILES string of the molecule is COc1cc2c(cc1-c1nnn(C)n1)-c1c(-c3ccc(F)cn3)cc(C(=O)N[C@](C)(C#N)CC(F)(F)F)n1CC2. The molecule has 206 valence electrons. The highest BCUT2D eigenvalue weighted by Gasteiger charge is 2.41. The fourth-order valence-electron chi connectivity index (χ4n) is 4.83. The van der Waals surface area contributed by atoms with Crippen LogP contribution in [0.2, 0.25) is 0 Å². The molecular weight excluding hydrogens is 532 g/mol. The summed E-state index contributed by atoms with van der Waals surface area (Å²) < 4.78 is 60.4. The molecule has 0 aliphatic carbocycles. The van der Waals surface area contributed by atoms with Crippen LogP contribution in [0.15, 0.2) is 36.5 Å². The van der Waals surface area contributed by atoms with Crippen LogP contribution in [0.3, 0.4) is 0 Å². The number of tetrazole rings is 1. The van der Waals surface area contributed by atoms with E-state index in [0.29, 0.717) is 52.6 Å². The van der Waals surface area contributed by atoms with Crippen LogP contribution in [0.25, 0.3) is 33.9 Å². The maximum atomic E-state index is 13.7. The number of aromatic nitrogens is 6. The van der Waals surface area contributed by atoms with E-state index >= 15 is 0 Å². The van der Waals surface area contributed by atoms with Crippen molar-refractivity contribution < 1.29 is 27.1 Å². The highest BCUT2D eigenvalue weighted by atomic mass is 19.4. The van der Waals surface area contributed by atoms with Gasteiger partial charge in [0, 0.05) is 17.7 Å². The number of nitrogens with one attached hydrogen (secondary N) is 1. The summed E-state index contributed by atoms with van der Waals surface area (Å²) in [5.41, 5.74) is 1.22. The van der Waals surface area contributed by atoms with Crippen LogP contribution in [0.4, 0.5) is 17.6 Å². The van der Waals surface area contributed by atoms with E-state index in [0.717, 1.165) is 18.7 Å². The summed E-state index contributed by atoms with van der Waals surface area (Å²) in [6.07, 6.45) is -4.72. The van der Waals surface area contributed by atoms with E-state index < -0.39 is 29.9 Å². The Morgan fingerprint density at radius 1 is 1.20 bits per heavy atom. The first kappa shape index (κ1) is 26.8. The maximum Gasteiger partial charge on any atom is 0.392 e. The third-order valence-electron chi connectivity index (χ3n) is 6.56. The summed E-state index contributed by atoms with van der Waals surface area (Å²) in [4.78, 5) is 18.9. The van der Waals surface area contributed by atoms with Gasteiger partial charge in [-0.1, -0.05) is 0 Å². The number of ether oxygens (including phenoxy) is 1. The Balaban J connectivity index is 1.69. The second kappa shape index (κ2) is 9.74. The van der Waals surface area contributed by atoms with Crippen LogP contribution in [-0.2, 0) is 20.0 Å². The molecule has 0 saturated heterocycles. The van der Waals surface area contributed by atoms with Crippen molar-refractivity contribution >= 4 is 5.91 Å². The molecule has 5 rings (SSSR count). The van der Waals surface area contributed by atoms with Crippen molar-refractivity contribution in [3.63, 3.8) is 0 Å². The number of hydrogen-bond donors (Lipinski definition) is 1. The van der Waals surface area contributed by atoms with E-state index in [9.17, 15) is 27.6 Å². The molecule has 1 aromatic carbocycles. The number of benzene rings is 1. The van der Waals surface area contributed by atoms with Gasteiger partial charge in [-0.2, -0.15) is 23.2 Å². The third-order valence-corrected chi connectivity index (χ3v) is 6.56. The van der Waals surface area contributed by atoms with E-state index in [-0.39, 0.29) is 5.69 Å². The summed E-state index contributed by atoms with van der Waals surface area (Å²) in [7, 11) is 3.13. The zero-order valence-electron chi connectivity index (χ0n) is 21.5. The monoisotopic (exact) mass is 554 g/mol. The van der Waals surface area contributed by atoms with Gasteiger partial charge in [-0.05, 0) is 54.5 Å². The molecule has 0 saturated carbocycles. The normalized spacial score (nSPS) is 14.1. The summed E-state index contributed by atoms with van der Waals surface area (Å²) in [6, 6.07) is 9.32. The lowest BCUT2D eigenvalue weighted by Crippen LogP contribution is -2.48. The minimum Gasteiger partial charge on any atom is -0.496 e. The van der Waals surface area contributed by atoms with Crippen LogP contribution in [-0.4, -0.2) is 54.5 Å². The molecule has 3 aromatic heterocycles. The molecule has 1 N–H and O–H groups in total. The molecule has 4 aromatic rings. The predicted octanol–water partition coefficient (Wildman–Crippen LogP) is 4.08. The molecule has 0 fully saturated rings. The number of halogens is 4. The second-order valence-electron chi connectivity index (χ2n) is 9.56. The number of nitrogens with zero attached hydrogens (tertiary/aromatic N) is 7. The van der Waals surface area contributed by atoms with Crippen LogP contribution in [0.5, 0.6) is 5.75 Å². The Hall–Kier alpha value is -4.80. The van der Waals surface area contributed by atoms with Gasteiger partial charge in [0.15, 0.2) is 0 Å². The number of fused-ring (bicyclic) bond motifs is 3. The standard InChI is InChI=1S/C26H22F4N8O2/c1-25(13-31,12-26(28,29)30)33-24(39)20-10-17(19-5-4-15(27)11-32-19)22-16-9-18(23-34-36-37(2)35-23)21(40-3)8-14(16)6-7-38(20)22/h4-5,8-11H,6-7,12H2,1-3H3,(H,33,39)/t25-/m0/s1. The van der Waals surface area contributed by atoms with E-state index in [1.807, 2.05) is 6.07 Å². The molecule has 4 heterocycles. The van der Waals surface area contributed by atoms with Crippen molar-refractivity contribution in [1.82, 2.24) is 35.1 Å². The average Bonchev–Trinajstić information content (AvgIpc) is 3.51. The molecule has 14 heteroatoms. The molecule has 40 heavy (non-hydrogen) atoms. The van der Waals surface area contributed by atoms with Gasteiger partial charge < -0.3 is 14.6 Å². The van der Waals surface area contributed by atoms with Crippen molar-refractivity contribution in [2.45, 2.75) is 38.0 Å². The first-order chi connectivity index (χ1) is 18.9. The molecule has 0 unspecified atom stereocenters. The van der Waals surface area contributed by atoms with Gasteiger partial charge >= 0.3 is 6.18 Å². The van der Waals surface area contributed by atoms with Crippen molar-refractivity contribution in [2.24, 2.45) is 7.05 Å². The molecular formula is C26H22F4N8O2. The summed E-state index contributed by atoms with van der Waals surface area (Å²) in [6.45, 7) is 1.31. The number of methoxy groups -OCH3 is 1. The van der Waals surface area contributed by atoms with Crippen LogP contribution in [0, 0.1) is 17.1 Å². The zero-order valence-corrected chi connectivity index (χ0v) is 21.5. The molecule has 1 aliphatic heterocycles. The zero-order chi connectivity index (χ0) is 28.8. The number of carbonyl (C=O) groups is 1. The molecule has 0 bridgehead atoms. The number of carbonyl (C=O) groups excluding carboxylic acids is 1. The number of hydrogen-bond acceptors (Lipinski definition) is 7. The summed E-state index contributed by atoms with van der Waals surface area (Å²) >= 11 is 0. The Bertz CT molecular complexity index is 1650. The van der Waals surface area contributed by atoms with Crippen LogP contribution in [0.1, 0.15) is 29.4 Å². The topological polar surface area (TPSA) is 124 Å².